The van der Waals surface area contributed by atoms with E-state index in [9.17, 15) is 4.79 Å². The minimum absolute atomic E-state index is 0.517. The number of urea groups is 1. The van der Waals surface area contributed by atoms with Gasteiger partial charge in [-0.3, -0.25) is 4.90 Å². The molecule has 0 aromatic rings. The Labute approximate surface area is 65.0 Å². The molecule has 0 spiro atoms. The van der Waals surface area contributed by atoms with Gasteiger partial charge in [-0.2, -0.15) is 0 Å². The molecule has 0 fully saturated rings. The Balaban J connectivity index is 3.88. The van der Waals surface area contributed by atoms with Crippen molar-refractivity contribution in [3.8, 4) is 0 Å². The Hall–Kier alpha value is -0.940. The summed E-state index contributed by atoms with van der Waals surface area (Å²) >= 11 is 0. The number of aliphatic hydroxyl groups excluding tert-OH is 2. The van der Waals surface area contributed by atoms with Crippen LogP contribution in [0.2, 0.25) is 0 Å². The maximum absolute atomic E-state index is 10.8. The van der Waals surface area contributed by atoms with Gasteiger partial charge in [0.2, 0.25) is 0 Å². The van der Waals surface area contributed by atoms with Gasteiger partial charge in [0.1, 0.15) is 13.5 Å². The number of carbonyl (C=O) groups is 1. The molecule has 0 rings (SSSR count). The number of aliphatic hydroxyl groups is 2. The van der Waals surface area contributed by atoms with Crippen LogP contribution in [0.25, 0.3) is 0 Å². The van der Waals surface area contributed by atoms with E-state index in [0.717, 1.165) is 4.90 Å². The molecule has 0 aliphatic carbocycles. The Morgan fingerprint density at radius 2 is 2.09 bits per heavy atom. The maximum atomic E-state index is 10.8. The second kappa shape index (κ2) is 5.82. The van der Waals surface area contributed by atoms with Gasteiger partial charge in [0.25, 0.3) is 0 Å². The molecule has 0 bridgehead atoms. The van der Waals surface area contributed by atoms with E-state index >= 15 is 0 Å². The highest BCUT2D eigenvalue weighted by Gasteiger charge is 2.06. The Morgan fingerprint density at radius 3 is 2.45 bits per heavy atom. The Morgan fingerprint density at radius 1 is 1.55 bits per heavy atom. The lowest BCUT2D eigenvalue weighted by Crippen LogP contribution is -2.30. The van der Waals surface area contributed by atoms with Crippen LogP contribution in [0.3, 0.4) is 0 Å². The number of amides is 2. The lowest BCUT2D eigenvalue weighted by Gasteiger charge is -2.12. The Bertz CT molecular complexity index is 143. The van der Waals surface area contributed by atoms with Crippen LogP contribution < -0.4 is 0 Å². The summed E-state index contributed by atoms with van der Waals surface area (Å²) in [7, 11) is 0. The fourth-order valence-corrected chi connectivity index (χ4v) is 0.417. The van der Waals surface area contributed by atoms with Gasteiger partial charge in [0.15, 0.2) is 0 Å². The molecule has 5 nitrogen and oxygen atoms in total. The van der Waals surface area contributed by atoms with Crippen molar-refractivity contribution in [3.05, 3.63) is 0 Å². The highest BCUT2D eigenvalue weighted by Crippen LogP contribution is 1.89. The number of hydrogen-bond donors (Lipinski definition) is 2. The van der Waals surface area contributed by atoms with Crippen molar-refractivity contribution >= 4 is 12.2 Å². The topological polar surface area (TPSA) is 73.1 Å². The van der Waals surface area contributed by atoms with E-state index in [4.69, 9.17) is 10.2 Å². The molecule has 0 aromatic carbocycles. The van der Waals surface area contributed by atoms with Crippen LogP contribution in [-0.2, 0) is 0 Å². The molecule has 5 heteroatoms. The molecule has 0 atom stereocenters. The number of rotatable bonds is 3. The highest BCUT2D eigenvalue weighted by atomic mass is 16.3. The largest absolute Gasteiger partial charge is 0.376 e. The second-order valence-electron chi connectivity index (χ2n) is 1.83. The summed E-state index contributed by atoms with van der Waals surface area (Å²) in [5.41, 5.74) is 0. The first-order chi connectivity index (χ1) is 5.26. The van der Waals surface area contributed by atoms with Gasteiger partial charge < -0.3 is 10.2 Å². The van der Waals surface area contributed by atoms with Gasteiger partial charge in [-0.25, -0.2) is 9.79 Å². The lowest BCUT2D eigenvalue weighted by atomic mass is 10.5. The summed E-state index contributed by atoms with van der Waals surface area (Å²) in [6.07, 6.45) is 2.07. The minimum atomic E-state index is -0.628. The SMILES string of the molecule is CCC=NC(=O)N(CO)CO. The van der Waals surface area contributed by atoms with Crippen molar-refractivity contribution < 1.29 is 15.0 Å². The standard InChI is InChI=1S/C6H12N2O3/c1-2-3-7-6(11)8(4-9)5-10/h3,9-10H,2,4-5H2,1H3. The van der Waals surface area contributed by atoms with Gasteiger partial charge in [-0.15, -0.1) is 0 Å². The van der Waals surface area contributed by atoms with Gasteiger partial charge in [0, 0.05) is 6.21 Å². The minimum Gasteiger partial charge on any atom is -0.376 e. The Kier molecular flexibility index (Phi) is 5.32. The van der Waals surface area contributed by atoms with Gasteiger partial charge in [-0.05, 0) is 6.42 Å². The number of carbonyl (C=O) groups excluding carboxylic acids is 1. The smallest absolute Gasteiger partial charge is 0.346 e. The average Bonchev–Trinajstić information content (AvgIpc) is 2.03. The maximum Gasteiger partial charge on any atom is 0.346 e. The lowest BCUT2D eigenvalue weighted by molar-refractivity contribution is 0.0611. The van der Waals surface area contributed by atoms with E-state index in [1.165, 1.54) is 6.21 Å². The zero-order chi connectivity index (χ0) is 8.69. The van der Waals surface area contributed by atoms with E-state index in [2.05, 4.69) is 4.99 Å². The third-order valence-corrected chi connectivity index (χ3v) is 0.996. The average molecular weight is 160 g/mol. The van der Waals surface area contributed by atoms with E-state index in [0.29, 0.717) is 6.42 Å². The molecule has 0 radical (unpaired) electrons. The van der Waals surface area contributed by atoms with Crippen LogP contribution >= 0.6 is 0 Å². The normalized spacial score (nSPS) is 10.5. The first-order valence-electron chi connectivity index (χ1n) is 3.29. The molecular formula is C6H12N2O3. The van der Waals surface area contributed by atoms with Crippen molar-refractivity contribution in [1.29, 1.82) is 0 Å². The summed E-state index contributed by atoms with van der Waals surface area (Å²) in [5, 5.41) is 16.9. The van der Waals surface area contributed by atoms with Gasteiger partial charge in [0.05, 0.1) is 0 Å². The molecule has 0 saturated heterocycles. The monoisotopic (exact) mass is 160 g/mol. The van der Waals surface area contributed by atoms with E-state index in [1.807, 2.05) is 6.92 Å². The predicted octanol–water partition coefficient (Wildman–Crippen LogP) is -0.211. The number of hydrogen-bond acceptors (Lipinski definition) is 3. The van der Waals surface area contributed by atoms with Crippen molar-refractivity contribution in [3.63, 3.8) is 0 Å². The fraction of sp³-hybridized carbons (Fsp3) is 0.667. The van der Waals surface area contributed by atoms with Crippen LogP contribution in [0.4, 0.5) is 4.79 Å². The number of nitrogens with zero attached hydrogens (tertiary/aromatic N) is 2. The number of aliphatic imine (C=N–C) groups is 1. The molecule has 0 aromatic heterocycles. The summed E-state index contributed by atoms with van der Waals surface area (Å²) in [6, 6.07) is -0.628. The third kappa shape index (κ3) is 3.69. The molecule has 0 unspecified atom stereocenters. The van der Waals surface area contributed by atoms with Crippen LogP contribution in [0, 0.1) is 0 Å². The zero-order valence-corrected chi connectivity index (χ0v) is 6.40. The molecule has 0 saturated carbocycles. The summed E-state index contributed by atoms with van der Waals surface area (Å²) < 4.78 is 0. The predicted molar refractivity (Wildman–Crippen MR) is 40.2 cm³/mol. The van der Waals surface area contributed by atoms with Crippen molar-refractivity contribution in [1.82, 2.24) is 4.90 Å². The first kappa shape index (κ1) is 10.1. The molecule has 0 aliphatic heterocycles. The van der Waals surface area contributed by atoms with Crippen LogP contribution in [0.1, 0.15) is 13.3 Å². The van der Waals surface area contributed by atoms with E-state index in [1.54, 1.807) is 0 Å². The van der Waals surface area contributed by atoms with E-state index in [-0.39, 0.29) is 0 Å². The van der Waals surface area contributed by atoms with Crippen LogP contribution in [0.5, 0.6) is 0 Å². The van der Waals surface area contributed by atoms with Gasteiger partial charge in [-0.1, -0.05) is 6.92 Å². The van der Waals surface area contributed by atoms with Crippen LogP contribution in [0.15, 0.2) is 4.99 Å². The highest BCUT2D eigenvalue weighted by molar-refractivity contribution is 5.83. The third-order valence-electron chi connectivity index (χ3n) is 0.996. The quantitative estimate of drug-likeness (QED) is 0.443. The van der Waals surface area contributed by atoms with E-state index < -0.39 is 19.5 Å². The van der Waals surface area contributed by atoms with Crippen molar-refractivity contribution in [2.24, 2.45) is 4.99 Å². The molecule has 0 aliphatic rings. The fourth-order valence-electron chi connectivity index (χ4n) is 0.417. The molecule has 2 amide bonds. The molecule has 2 N–H and O–H groups in total. The zero-order valence-electron chi connectivity index (χ0n) is 6.40. The van der Waals surface area contributed by atoms with Crippen LogP contribution in [-0.4, -0.2) is 40.8 Å². The molecular weight excluding hydrogens is 148 g/mol. The molecule has 11 heavy (non-hydrogen) atoms. The summed E-state index contributed by atoms with van der Waals surface area (Å²) in [4.78, 5) is 15.0. The van der Waals surface area contributed by atoms with Crippen molar-refractivity contribution in [2.45, 2.75) is 13.3 Å². The summed E-state index contributed by atoms with van der Waals surface area (Å²) in [5.74, 6) is 0. The van der Waals surface area contributed by atoms with Gasteiger partial charge >= 0.3 is 6.03 Å². The second-order valence-corrected chi connectivity index (χ2v) is 1.83. The first-order valence-corrected chi connectivity index (χ1v) is 3.29. The summed E-state index contributed by atoms with van der Waals surface area (Å²) in [6.45, 7) is 0.797. The van der Waals surface area contributed by atoms with Crippen molar-refractivity contribution in [2.75, 3.05) is 13.5 Å². The molecule has 64 valence electrons. The molecule has 0 heterocycles.